The lowest BCUT2D eigenvalue weighted by Gasteiger charge is -2.16. The van der Waals surface area contributed by atoms with Crippen molar-refractivity contribution in [2.24, 2.45) is 0 Å². The van der Waals surface area contributed by atoms with E-state index in [1.165, 1.54) is 10.4 Å². The van der Waals surface area contributed by atoms with E-state index in [2.05, 4.69) is 69.9 Å². The number of halogens is 1. The zero-order chi connectivity index (χ0) is 11.4. The molecule has 1 N–H and O–H groups in total. The first kappa shape index (κ1) is 11.8. The van der Waals surface area contributed by atoms with Crippen LogP contribution in [0, 0.1) is 0 Å². The van der Waals surface area contributed by atoms with Gasteiger partial charge in [0.15, 0.2) is 0 Å². The molecular weight excluding hydrogens is 282 g/mol. The third kappa shape index (κ3) is 2.73. The molecule has 0 amide bonds. The average Bonchev–Trinajstić information content (AvgIpc) is 2.74. The van der Waals surface area contributed by atoms with Gasteiger partial charge in [-0.2, -0.15) is 0 Å². The fourth-order valence-electron chi connectivity index (χ4n) is 1.71. The van der Waals surface area contributed by atoms with E-state index in [-0.39, 0.29) is 0 Å². The smallest absolute Gasteiger partial charge is 0.0671 e. The van der Waals surface area contributed by atoms with Gasteiger partial charge in [-0.1, -0.05) is 37.3 Å². The predicted molar refractivity (Wildman–Crippen MR) is 74.0 cm³/mol. The summed E-state index contributed by atoms with van der Waals surface area (Å²) in [7, 11) is 0. The first-order valence-electron chi connectivity index (χ1n) is 5.33. The van der Waals surface area contributed by atoms with Gasteiger partial charge in [0.05, 0.1) is 6.04 Å². The van der Waals surface area contributed by atoms with Crippen LogP contribution in [0.3, 0.4) is 0 Å². The van der Waals surface area contributed by atoms with Crippen LogP contribution in [0.2, 0.25) is 0 Å². The maximum absolute atomic E-state index is 3.52. The van der Waals surface area contributed by atoms with E-state index < -0.39 is 0 Å². The quantitative estimate of drug-likeness (QED) is 0.891. The normalized spacial score (nSPS) is 12.6. The minimum Gasteiger partial charge on any atom is -0.306 e. The van der Waals surface area contributed by atoms with E-state index in [9.17, 15) is 0 Å². The minimum atomic E-state index is 0.308. The number of thiophene rings is 1. The maximum Gasteiger partial charge on any atom is 0.0671 e. The van der Waals surface area contributed by atoms with Crippen molar-refractivity contribution in [1.82, 2.24) is 5.32 Å². The molecular formula is C13H14BrNS. The minimum absolute atomic E-state index is 0.308. The molecule has 0 fully saturated rings. The lowest BCUT2D eigenvalue weighted by atomic mass is 10.1. The van der Waals surface area contributed by atoms with Gasteiger partial charge in [0.25, 0.3) is 0 Å². The Bertz CT molecular complexity index is 438. The second kappa shape index (κ2) is 5.62. The molecule has 16 heavy (non-hydrogen) atoms. The Morgan fingerprint density at radius 2 is 2.06 bits per heavy atom. The van der Waals surface area contributed by atoms with Gasteiger partial charge in [0.2, 0.25) is 0 Å². The highest BCUT2D eigenvalue weighted by molar-refractivity contribution is 9.10. The van der Waals surface area contributed by atoms with Crippen molar-refractivity contribution in [3.05, 3.63) is 56.7 Å². The Balaban J connectivity index is 2.31. The van der Waals surface area contributed by atoms with Crippen LogP contribution in [0.15, 0.2) is 46.3 Å². The van der Waals surface area contributed by atoms with Crippen molar-refractivity contribution in [3.63, 3.8) is 0 Å². The molecule has 1 heterocycles. The highest BCUT2D eigenvalue weighted by Crippen LogP contribution is 2.29. The maximum atomic E-state index is 3.52. The Morgan fingerprint density at radius 1 is 1.31 bits per heavy atom. The molecule has 1 unspecified atom stereocenters. The molecule has 2 rings (SSSR count). The summed E-state index contributed by atoms with van der Waals surface area (Å²) in [5.41, 5.74) is 1.32. The Morgan fingerprint density at radius 3 is 2.62 bits per heavy atom. The topological polar surface area (TPSA) is 12.0 Å². The molecule has 84 valence electrons. The van der Waals surface area contributed by atoms with Crippen molar-refractivity contribution < 1.29 is 0 Å². The van der Waals surface area contributed by atoms with Gasteiger partial charge in [-0.15, -0.1) is 11.3 Å². The summed E-state index contributed by atoms with van der Waals surface area (Å²) in [5.74, 6) is 0. The van der Waals surface area contributed by atoms with Gasteiger partial charge >= 0.3 is 0 Å². The molecule has 1 aromatic heterocycles. The molecule has 0 aliphatic heterocycles. The van der Waals surface area contributed by atoms with Crippen LogP contribution < -0.4 is 5.32 Å². The molecule has 1 atom stereocenters. The molecule has 0 saturated heterocycles. The summed E-state index contributed by atoms with van der Waals surface area (Å²) in [6.07, 6.45) is 0. The SMILES string of the molecule is CCNC(c1ccccc1)c1cc(Br)cs1. The second-order valence-electron chi connectivity index (χ2n) is 3.57. The molecule has 0 bridgehead atoms. The zero-order valence-electron chi connectivity index (χ0n) is 9.11. The van der Waals surface area contributed by atoms with Gasteiger partial charge in [-0.05, 0) is 34.1 Å². The van der Waals surface area contributed by atoms with Crippen molar-refractivity contribution in [3.8, 4) is 0 Å². The highest BCUT2D eigenvalue weighted by Gasteiger charge is 2.14. The van der Waals surface area contributed by atoms with Gasteiger partial charge in [-0.3, -0.25) is 0 Å². The van der Waals surface area contributed by atoms with Crippen LogP contribution in [-0.2, 0) is 0 Å². The van der Waals surface area contributed by atoms with Crippen molar-refractivity contribution in [2.45, 2.75) is 13.0 Å². The first-order chi connectivity index (χ1) is 7.81. The molecule has 0 radical (unpaired) electrons. The number of hydrogen-bond donors (Lipinski definition) is 1. The van der Waals surface area contributed by atoms with Crippen LogP contribution >= 0.6 is 27.3 Å². The van der Waals surface area contributed by atoms with Crippen LogP contribution in [0.5, 0.6) is 0 Å². The second-order valence-corrected chi connectivity index (χ2v) is 5.43. The molecule has 3 heteroatoms. The fraction of sp³-hybridized carbons (Fsp3) is 0.231. The molecule has 1 nitrogen and oxygen atoms in total. The molecule has 2 aromatic rings. The number of nitrogens with one attached hydrogen (secondary N) is 1. The van der Waals surface area contributed by atoms with Crippen LogP contribution in [-0.4, -0.2) is 6.54 Å². The van der Waals surface area contributed by atoms with Crippen LogP contribution in [0.4, 0.5) is 0 Å². The summed E-state index contributed by atoms with van der Waals surface area (Å²) >= 11 is 5.29. The average molecular weight is 296 g/mol. The first-order valence-corrected chi connectivity index (χ1v) is 7.00. The van der Waals surface area contributed by atoms with Gasteiger partial charge in [0, 0.05) is 14.7 Å². The van der Waals surface area contributed by atoms with E-state index in [1.54, 1.807) is 11.3 Å². The van der Waals surface area contributed by atoms with Crippen LogP contribution in [0.25, 0.3) is 0 Å². The van der Waals surface area contributed by atoms with E-state index in [0.29, 0.717) is 6.04 Å². The summed E-state index contributed by atoms with van der Waals surface area (Å²) in [6.45, 7) is 3.10. The van der Waals surface area contributed by atoms with Crippen molar-refractivity contribution in [2.75, 3.05) is 6.54 Å². The van der Waals surface area contributed by atoms with Crippen molar-refractivity contribution >= 4 is 27.3 Å². The number of hydrogen-bond acceptors (Lipinski definition) is 2. The lowest BCUT2D eigenvalue weighted by Crippen LogP contribution is -2.20. The number of rotatable bonds is 4. The molecule has 0 saturated carbocycles. The van der Waals surface area contributed by atoms with Gasteiger partial charge in [-0.25, -0.2) is 0 Å². The van der Waals surface area contributed by atoms with E-state index in [1.807, 2.05) is 0 Å². The fourth-order valence-corrected chi connectivity index (χ4v) is 3.26. The third-order valence-corrected chi connectivity index (χ3v) is 4.17. The zero-order valence-corrected chi connectivity index (χ0v) is 11.5. The Labute approximate surface area is 109 Å². The third-order valence-electron chi connectivity index (χ3n) is 2.41. The highest BCUT2D eigenvalue weighted by atomic mass is 79.9. The lowest BCUT2D eigenvalue weighted by molar-refractivity contribution is 0.639. The summed E-state index contributed by atoms with van der Waals surface area (Å²) < 4.78 is 1.16. The van der Waals surface area contributed by atoms with E-state index in [0.717, 1.165) is 11.0 Å². The summed E-state index contributed by atoms with van der Waals surface area (Å²) in [4.78, 5) is 1.35. The van der Waals surface area contributed by atoms with Crippen molar-refractivity contribution in [1.29, 1.82) is 0 Å². The standard InChI is InChI=1S/C13H14BrNS/c1-2-15-13(10-6-4-3-5-7-10)12-8-11(14)9-16-12/h3-9,13,15H,2H2,1H3. The van der Waals surface area contributed by atoms with E-state index >= 15 is 0 Å². The summed E-state index contributed by atoms with van der Waals surface area (Å²) in [5, 5.41) is 5.65. The molecule has 0 aliphatic carbocycles. The van der Waals surface area contributed by atoms with Gasteiger partial charge in [0.1, 0.15) is 0 Å². The van der Waals surface area contributed by atoms with Crippen LogP contribution in [0.1, 0.15) is 23.4 Å². The largest absolute Gasteiger partial charge is 0.306 e. The van der Waals surface area contributed by atoms with E-state index in [4.69, 9.17) is 0 Å². The molecule has 0 aliphatic rings. The predicted octanol–water partition coefficient (Wildman–Crippen LogP) is 4.21. The summed E-state index contributed by atoms with van der Waals surface area (Å²) in [6, 6.07) is 13.1. The Kier molecular flexibility index (Phi) is 4.16. The Hall–Kier alpha value is -0.640. The van der Waals surface area contributed by atoms with Gasteiger partial charge < -0.3 is 5.32 Å². The monoisotopic (exact) mass is 295 g/mol. The number of benzene rings is 1. The molecule has 0 spiro atoms. The molecule has 1 aromatic carbocycles.